The molecule has 23 heavy (non-hydrogen) atoms. The van der Waals surface area contributed by atoms with Crippen LogP contribution in [0.15, 0.2) is 11.3 Å². The molecule has 8 heteroatoms. The van der Waals surface area contributed by atoms with E-state index < -0.39 is 11.9 Å². The van der Waals surface area contributed by atoms with Crippen molar-refractivity contribution in [2.45, 2.75) is 32.5 Å². The zero-order valence-corrected chi connectivity index (χ0v) is 12.8. The lowest BCUT2D eigenvalue weighted by Crippen LogP contribution is -2.27. The van der Waals surface area contributed by atoms with E-state index in [9.17, 15) is 14.4 Å². The third-order valence-corrected chi connectivity index (χ3v) is 4.25. The second kappa shape index (κ2) is 5.24. The number of carbonyl (C=O) groups is 3. The largest absolute Gasteiger partial charge is 0.492 e. The van der Waals surface area contributed by atoms with Gasteiger partial charge in [-0.05, 0) is 6.92 Å². The van der Waals surface area contributed by atoms with Crippen LogP contribution in [-0.4, -0.2) is 35.4 Å². The van der Waals surface area contributed by atoms with E-state index in [0.717, 1.165) is 5.69 Å². The van der Waals surface area contributed by atoms with Gasteiger partial charge in [0, 0.05) is 35.8 Å². The average Bonchev–Trinajstić information content (AvgIpc) is 2.98. The van der Waals surface area contributed by atoms with Gasteiger partial charge < -0.3 is 25.5 Å². The minimum absolute atomic E-state index is 0.0106. The summed E-state index contributed by atoms with van der Waals surface area (Å²) in [5.41, 5.74) is 13.0. The van der Waals surface area contributed by atoms with Gasteiger partial charge in [0.15, 0.2) is 5.76 Å². The summed E-state index contributed by atoms with van der Waals surface area (Å²) in [6.45, 7) is 1.81. The average molecular weight is 319 g/mol. The van der Waals surface area contributed by atoms with E-state index in [0.29, 0.717) is 24.2 Å². The van der Waals surface area contributed by atoms with Crippen molar-refractivity contribution in [2.24, 2.45) is 11.5 Å². The number of aromatic nitrogens is 1. The van der Waals surface area contributed by atoms with Crippen LogP contribution in [0.3, 0.4) is 0 Å². The molecule has 0 unspecified atom stereocenters. The lowest BCUT2D eigenvalue weighted by atomic mass is 9.90. The Labute approximate surface area is 132 Å². The van der Waals surface area contributed by atoms with E-state index in [1.807, 2.05) is 0 Å². The Morgan fingerprint density at radius 2 is 2.04 bits per heavy atom. The molecule has 1 aromatic rings. The zero-order valence-electron chi connectivity index (χ0n) is 12.8. The van der Waals surface area contributed by atoms with E-state index in [-0.39, 0.29) is 35.3 Å². The van der Waals surface area contributed by atoms with Gasteiger partial charge in [-0.3, -0.25) is 9.59 Å². The first-order valence-corrected chi connectivity index (χ1v) is 7.13. The molecule has 0 aromatic carbocycles. The van der Waals surface area contributed by atoms with Crippen LogP contribution in [0.25, 0.3) is 0 Å². The number of fused-ring (bicyclic) bond motifs is 3. The lowest BCUT2D eigenvalue weighted by Gasteiger charge is -2.18. The number of hydrogen-bond acceptors (Lipinski definition) is 6. The molecule has 1 atom stereocenters. The quantitative estimate of drug-likeness (QED) is 0.823. The number of ketones is 2. The fourth-order valence-electron chi connectivity index (χ4n) is 3.29. The monoisotopic (exact) mass is 319 g/mol. The molecule has 0 spiro atoms. The number of allylic oxidation sites excluding steroid dienone is 2. The molecule has 1 aromatic heterocycles. The van der Waals surface area contributed by atoms with Crippen molar-refractivity contribution in [3.8, 4) is 0 Å². The highest BCUT2D eigenvalue weighted by Gasteiger charge is 2.41. The minimum atomic E-state index is -0.950. The molecule has 0 bridgehead atoms. The molecular formula is C15H17N3O5. The summed E-state index contributed by atoms with van der Waals surface area (Å²) in [6, 6.07) is -0.154. The second-order valence-corrected chi connectivity index (χ2v) is 5.65. The summed E-state index contributed by atoms with van der Waals surface area (Å²) < 4.78 is 11.7. The summed E-state index contributed by atoms with van der Waals surface area (Å²) in [4.78, 5) is 36.3. The number of nitrogens with two attached hydrogens (primary N) is 2. The van der Waals surface area contributed by atoms with Crippen LogP contribution in [0, 0.1) is 0 Å². The molecular weight excluding hydrogens is 302 g/mol. The molecule has 1 aliphatic heterocycles. The SMILES string of the molecule is COC1=C(C)C(=O)c2c(c(COC(N)=O)c3n2C[C@H](N)C3)C1=O. The van der Waals surface area contributed by atoms with Crippen molar-refractivity contribution in [3.63, 3.8) is 0 Å². The molecule has 2 heterocycles. The van der Waals surface area contributed by atoms with E-state index >= 15 is 0 Å². The fourth-order valence-corrected chi connectivity index (χ4v) is 3.29. The second-order valence-electron chi connectivity index (χ2n) is 5.65. The first kappa shape index (κ1) is 15.3. The lowest BCUT2D eigenvalue weighted by molar-refractivity contribution is 0.0899. The molecule has 1 amide bonds. The number of carbonyl (C=O) groups excluding carboxylic acids is 3. The van der Waals surface area contributed by atoms with Gasteiger partial charge in [0.05, 0.1) is 12.7 Å². The number of rotatable bonds is 3. The maximum Gasteiger partial charge on any atom is 0.404 e. The van der Waals surface area contributed by atoms with Crippen molar-refractivity contribution in [2.75, 3.05) is 7.11 Å². The molecule has 0 saturated heterocycles. The van der Waals surface area contributed by atoms with Crippen LogP contribution in [0.2, 0.25) is 0 Å². The Balaban J connectivity index is 2.20. The van der Waals surface area contributed by atoms with E-state index in [1.54, 1.807) is 11.5 Å². The van der Waals surface area contributed by atoms with Crippen molar-refractivity contribution in [1.82, 2.24) is 4.57 Å². The molecule has 3 rings (SSSR count). The Hall–Kier alpha value is -2.61. The third kappa shape index (κ3) is 2.14. The predicted octanol–water partition coefficient (Wildman–Crippen LogP) is 0.266. The summed E-state index contributed by atoms with van der Waals surface area (Å²) in [5, 5.41) is 0. The number of methoxy groups -OCH3 is 1. The zero-order chi connectivity index (χ0) is 16.9. The van der Waals surface area contributed by atoms with E-state index in [2.05, 4.69) is 0 Å². The van der Waals surface area contributed by atoms with Crippen molar-refractivity contribution in [1.29, 1.82) is 0 Å². The summed E-state index contributed by atoms with van der Waals surface area (Å²) in [6.07, 6.45) is -0.457. The van der Waals surface area contributed by atoms with Gasteiger partial charge in [-0.1, -0.05) is 0 Å². The summed E-state index contributed by atoms with van der Waals surface area (Å²) in [5.74, 6) is -0.660. The first-order chi connectivity index (χ1) is 10.9. The highest BCUT2D eigenvalue weighted by Crippen LogP contribution is 2.36. The summed E-state index contributed by atoms with van der Waals surface area (Å²) in [7, 11) is 1.34. The van der Waals surface area contributed by atoms with Crippen LogP contribution >= 0.6 is 0 Å². The molecule has 8 nitrogen and oxygen atoms in total. The van der Waals surface area contributed by atoms with E-state index in [4.69, 9.17) is 20.9 Å². The molecule has 122 valence electrons. The number of Topliss-reactive ketones (excluding diaryl/α,β-unsaturated/α-hetero) is 2. The third-order valence-electron chi connectivity index (χ3n) is 4.25. The Morgan fingerprint density at radius 3 is 2.65 bits per heavy atom. The minimum Gasteiger partial charge on any atom is -0.492 e. The number of primary amides is 1. The first-order valence-electron chi connectivity index (χ1n) is 7.13. The molecule has 0 radical (unpaired) electrons. The van der Waals surface area contributed by atoms with Gasteiger partial charge in [-0.25, -0.2) is 4.79 Å². The van der Waals surface area contributed by atoms with Crippen LogP contribution < -0.4 is 11.5 Å². The molecule has 0 fully saturated rings. The summed E-state index contributed by atoms with van der Waals surface area (Å²) >= 11 is 0. The maximum absolute atomic E-state index is 12.7. The van der Waals surface area contributed by atoms with Gasteiger partial charge >= 0.3 is 6.09 Å². The van der Waals surface area contributed by atoms with Crippen LogP contribution in [-0.2, 0) is 29.0 Å². The number of amides is 1. The maximum atomic E-state index is 12.7. The Kier molecular flexibility index (Phi) is 3.48. The molecule has 2 aliphatic rings. The fraction of sp³-hybridized carbons (Fsp3) is 0.400. The number of nitrogens with zero attached hydrogens (tertiary/aromatic N) is 1. The smallest absolute Gasteiger partial charge is 0.404 e. The van der Waals surface area contributed by atoms with Gasteiger partial charge in [0.1, 0.15) is 12.3 Å². The molecule has 0 saturated carbocycles. The molecule has 4 N–H and O–H groups in total. The van der Waals surface area contributed by atoms with Gasteiger partial charge in [0.25, 0.3) is 0 Å². The van der Waals surface area contributed by atoms with Gasteiger partial charge in [-0.15, -0.1) is 0 Å². The van der Waals surface area contributed by atoms with Gasteiger partial charge in [0.2, 0.25) is 11.6 Å². The highest BCUT2D eigenvalue weighted by molar-refractivity contribution is 6.26. The Morgan fingerprint density at radius 1 is 1.35 bits per heavy atom. The van der Waals surface area contributed by atoms with Gasteiger partial charge in [-0.2, -0.15) is 0 Å². The normalized spacial score (nSPS) is 19.7. The highest BCUT2D eigenvalue weighted by atomic mass is 16.5. The predicted molar refractivity (Wildman–Crippen MR) is 78.9 cm³/mol. The van der Waals surface area contributed by atoms with Crippen molar-refractivity contribution in [3.05, 3.63) is 33.8 Å². The van der Waals surface area contributed by atoms with Crippen molar-refractivity contribution < 1.29 is 23.9 Å². The molecule has 1 aliphatic carbocycles. The number of ether oxygens (including phenoxy) is 2. The van der Waals surface area contributed by atoms with Crippen LogP contribution in [0.1, 0.15) is 39.0 Å². The standard InChI is InChI=1S/C15H17N3O5/c1-6-12(19)11-10(13(20)14(6)22-2)8(5-23-15(17)21)9-3-7(16)4-18(9)11/h7H,3-5,16H2,1-2H3,(H2,17,21)/t7-/m1/s1. The Bertz CT molecular complexity index is 775. The van der Waals surface area contributed by atoms with Crippen LogP contribution in [0.4, 0.5) is 4.79 Å². The topological polar surface area (TPSA) is 127 Å². The van der Waals surface area contributed by atoms with Crippen LogP contribution in [0.5, 0.6) is 0 Å². The van der Waals surface area contributed by atoms with E-state index in [1.165, 1.54) is 7.11 Å². The number of hydrogen-bond donors (Lipinski definition) is 2. The van der Waals surface area contributed by atoms with Crippen molar-refractivity contribution >= 4 is 17.7 Å².